The average Bonchev–Trinajstić information content (AvgIpc) is 3.19. The van der Waals surface area contributed by atoms with Crippen LogP contribution in [0, 0.1) is 0 Å². The van der Waals surface area contributed by atoms with Crippen molar-refractivity contribution in [1.29, 1.82) is 0 Å². The van der Waals surface area contributed by atoms with E-state index >= 15 is 0 Å². The van der Waals surface area contributed by atoms with Gasteiger partial charge in [0.2, 0.25) is 5.91 Å². The lowest BCUT2D eigenvalue weighted by atomic mass is 9.98. The van der Waals surface area contributed by atoms with Crippen LogP contribution in [0.1, 0.15) is 24.2 Å². The van der Waals surface area contributed by atoms with Crippen LogP contribution in [0.5, 0.6) is 11.5 Å². The molecule has 1 fully saturated rings. The second-order valence-corrected chi connectivity index (χ2v) is 6.30. The van der Waals surface area contributed by atoms with E-state index in [9.17, 15) is 9.59 Å². The molecule has 0 saturated carbocycles. The second-order valence-electron chi connectivity index (χ2n) is 6.30. The van der Waals surface area contributed by atoms with E-state index in [0.717, 1.165) is 12.2 Å². The molecule has 2 aromatic rings. The molecule has 1 aromatic carbocycles. The van der Waals surface area contributed by atoms with Crippen LogP contribution in [0.2, 0.25) is 0 Å². The van der Waals surface area contributed by atoms with Crippen molar-refractivity contribution in [2.45, 2.75) is 32.2 Å². The lowest BCUT2D eigenvalue weighted by Crippen LogP contribution is -2.52. The fourth-order valence-electron chi connectivity index (χ4n) is 3.03. The first-order valence-corrected chi connectivity index (χ1v) is 8.97. The summed E-state index contributed by atoms with van der Waals surface area (Å²) in [5, 5.41) is 5.65. The van der Waals surface area contributed by atoms with Gasteiger partial charge in [0.1, 0.15) is 6.61 Å². The van der Waals surface area contributed by atoms with Gasteiger partial charge in [0.25, 0.3) is 5.91 Å². The van der Waals surface area contributed by atoms with Crippen LogP contribution < -0.4 is 20.1 Å². The van der Waals surface area contributed by atoms with E-state index in [4.69, 9.17) is 14.2 Å². The number of carbonyl (C=O) groups is 2. The van der Waals surface area contributed by atoms with E-state index in [2.05, 4.69) is 15.6 Å². The van der Waals surface area contributed by atoms with Crippen molar-refractivity contribution >= 4 is 11.8 Å². The van der Waals surface area contributed by atoms with Crippen molar-refractivity contribution in [2.75, 3.05) is 20.8 Å². The molecule has 2 amide bonds. The van der Waals surface area contributed by atoms with Crippen LogP contribution >= 0.6 is 0 Å². The first-order valence-electron chi connectivity index (χ1n) is 8.97. The van der Waals surface area contributed by atoms with Gasteiger partial charge in [0, 0.05) is 12.7 Å². The van der Waals surface area contributed by atoms with E-state index in [1.54, 1.807) is 31.6 Å². The van der Waals surface area contributed by atoms with E-state index in [0.29, 0.717) is 17.1 Å². The lowest BCUT2D eigenvalue weighted by molar-refractivity contribution is -0.148. The molecule has 0 aliphatic carbocycles. The van der Waals surface area contributed by atoms with Crippen molar-refractivity contribution in [3.8, 4) is 11.5 Å². The molecule has 28 heavy (non-hydrogen) atoms. The number of aromatic nitrogens is 2. The molecule has 2 N–H and O–H groups in total. The smallest absolute Gasteiger partial charge is 0.251 e. The summed E-state index contributed by atoms with van der Waals surface area (Å²) in [5.74, 6) is 0.447. The van der Waals surface area contributed by atoms with Crippen molar-refractivity contribution in [2.24, 2.45) is 0 Å². The highest BCUT2D eigenvalue weighted by molar-refractivity contribution is 5.86. The number of carbonyl (C=O) groups excluding carboxylic acids is 2. The highest BCUT2D eigenvalue weighted by atomic mass is 16.5. The fraction of sp³-hybridized carbons (Fsp3) is 0.421. The summed E-state index contributed by atoms with van der Waals surface area (Å²) in [6.07, 6.45) is 2.71. The number of amides is 2. The Morgan fingerprint density at radius 2 is 2.14 bits per heavy atom. The highest BCUT2D eigenvalue weighted by Crippen LogP contribution is 2.32. The molecule has 1 aliphatic heterocycles. The number of hydrogen-bond acceptors (Lipinski definition) is 6. The lowest BCUT2D eigenvalue weighted by Gasteiger charge is -2.32. The van der Waals surface area contributed by atoms with Crippen molar-refractivity contribution < 1.29 is 23.8 Å². The number of hydrogen-bond donors (Lipinski definition) is 2. The van der Waals surface area contributed by atoms with Gasteiger partial charge in [-0.15, -0.1) is 0 Å². The number of methoxy groups -OCH3 is 2. The summed E-state index contributed by atoms with van der Waals surface area (Å²) in [6.45, 7) is 2.92. The monoisotopic (exact) mass is 388 g/mol. The summed E-state index contributed by atoms with van der Waals surface area (Å²) < 4.78 is 18.0. The van der Waals surface area contributed by atoms with Gasteiger partial charge in [-0.2, -0.15) is 0 Å². The minimum Gasteiger partial charge on any atom is -0.493 e. The molecule has 150 valence electrons. The van der Waals surface area contributed by atoms with Gasteiger partial charge in [-0.05, 0) is 24.6 Å². The van der Waals surface area contributed by atoms with Crippen LogP contribution in [0.3, 0.4) is 0 Å². The number of nitrogens with one attached hydrogen (secondary N) is 2. The van der Waals surface area contributed by atoms with Crippen LogP contribution in [0.4, 0.5) is 0 Å². The molecule has 9 nitrogen and oxygen atoms in total. The molecule has 0 bridgehead atoms. The van der Waals surface area contributed by atoms with Gasteiger partial charge in [0.15, 0.2) is 17.6 Å². The Labute approximate surface area is 163 Å². The van der Waals surface area contributed by atoms with E-state index < -0.39 is 12.1 Å². The third-order valence-electron chi connectivity index (χ3n) is 4.53. The summed E-state index contributed by atoms with van der Waals surface area (Å²) in [7, 11) is 3.07. The number of ether oxygens (including phenoxy) is 3. The Hall–Kier alpha value is -3.07. The molecule has 1 aromatic heterocycles. The third kappa shape index (κ3) is 4.25. The number of imidazole rings is 1. The quantitative estimate of drug-likeness (QED) is 0.727. The van der Waals surface area contributed by atoms with Gasteiger partial charge in [-0.3, -0.25) is 9.59 Å². The predicted octanol–water partition coefficient (Wildman–Crippen LogP) is 0.793. The van der Waals surface area contributed by atoms with Gasteiger partial charge in [-0.25, -0.2) is 4.98 Å². The molecular formula is C19H24N4O5. The SMILES string of the molecule is CCn1cnc(CNC(=O)[C@H]2OCC(=O)N[C@@H]2c2ccc(OC)c(OC)c2)c1. The number of aryl methyl sites for hydroxylation is 1. The molecule has 1 aliphatic rings. The predicted molar refractivity (Wildman–Crippen MR) is 99.9 cm³/mol. The Morgan fingerprint density at radius 3 is 2.82 bits per heavy atom. The summed E-state index contributed by atoms with van der Waals surface area (Å²) >= 11 is 0. The summed E-state index contributed by atoms with van der Waals surface area (Å²) in [5.41, 5.74) is 1.43. The first kappa shape index (κ1) is 19.7. The average molecular weight is 388 g/mol. The normalized spacial score (nSPS) is 19.0. The van der Waals surface area contributed by atoms with Crippen LogP contribution in [-0.4, -0.2) is 48.3 Å². The zero-order chi connectivity index (χ0) is 20.1. The largest absolute Gasteiger partial charge is 0.493 e. The minimum atomic E-state index is -0.871. The third-order valence-corrected chi connectivity index (χ3v) is 4.53. The van der Waals surface area contributed by atoms with E-state index in [1.165, 1.54) is 7.11 Å². The number of rotatable bonds is 7. The van der Waals surface area contributed by atoms with E-state index in [-0.39, 0.29) is 25.0 Å². The molecule has 2 heterocycles. The summed E-state index contributed by atoms with van der Waals surface area (Å²) in [6, 6.07) is 4.57. The summed E-state index contributed by atoms with van der Waals surface area (Å²) in [4.78, 5) is 28.9. The molecule has 3 rings (SSSR count). The number of benzene rings is 1. The Balaban J connectivity index is 1.76. The molecule has 0 radical (unpaired) electrons. The zero-order valence-corrected chi connectivity index (χ0v) is 16.1. The number of morpholine rings is 1. The van der Waals surface area contributed by atoms with Crippen LogP contribution in [0.15, 0.2) is 30.7 Å². The molecule has 0 unspecified atom stereocenters. The molecule has 9 heteroatoms. The maximum absolute atomic E-state index is 12.7. The highest BCUT2D eigenvalue weighted by Gasteiger charge is 2.36. The number of nitrogens with zero attached hydrogens (tertiary/aromatic N) is 2. The molecule has 0 spiro atoms. The Kier molecular flexibility index (Phi) is 6.15. The molecular weight excluding hydrogens is 364 g/mol. The van der Waals surface area contributed by atoms with Crippen LogP contribution in [0.25, 0.3) is 0 Å². The van der Waals surface area contributed by atoms with Crippen LogP contribution in [-0.2, 0) is 27.4 Å². The zero-order valence-electron chi connectivity index (χ0n) is 16.1. The Bertz CT molecular complexity index is 851. The fourth-order valence-corrected chi connectivity index (χ4v) is 3.03. The van der Waals surface area contributed by atoms with Gasteiger partial charge in [0.05, 0.1) is 38.8 Å². The molecule has 1 saturated heterocycles. The maximum atomic E-state index is 12.7. The van der Waals surface area contributed by atoms with E-state index in [1.807, 2.05) is 17.7 Å². The second kappa shape index (κ2) is 8.75. The van der Waals surface area contributed by atoms with Gasteiger partial charge >= 0.3 is 0 Å². The molecule has 2 atom stereocenters. The van der Waals surface area contributed by atoms with Crippen molar-refractivity contribution in [3.63, 3.8) is 0 Å². The Morgan fingerprint density at radius 1 is 1.36 bits per heavy atom. The van der Waals surface area contributed by atoms with Crippen molar-refractivity contribution in [1.82, 2.24) is 20.2 Å². The standard InChI is InChI=1S/C19H24N4O5/c1-4-23-9-13(21-11-23)8-20-19(25)18-17(22-16(24)10-28-18)12-5-6-14(26-2)15(7-12)27-3/h5-7,9,11,17-18H,4,8,10H2,1-3H3,(H,20,25)(H,22,24)/t17-,18+/m1/s1. The van der Waals surface area contributed by atoms with Gasteiger partial charge in [-0.1, -0.05) is 6.07 Å². The maximum Gasteiger partial charge on any atom is 0.251 e. The minimum absolute atomic E-state index is 0.174. The van der Waals surface area contributed by atoms with Crippen molar-refractivity contribution in [3.05, 3.63) is 42.0 Å². The topological polar surface area (TPSA) is 104 Å². The van der Waals surface area contributed by atoms with Gasteiger partial charge < -0.3 is 29.4 Å². The first-order chi connectivity index (χ1) is 13.5.